The highest BCUT2D eigenvalue weighted by atomic mass is 32.2. The van der Waals surface area contributed by atoms with Gasteiger partial charge in [0.15, 0.2) is 0 Å². The van der Waals surface area contributed by atoms with Crippen molar-refractivity contribution in [1.82, 2.24) is 15.1 Å². The first kappa shape index (κ1) is 11.0. The van der Waals surface area contributed by atoms with Gasteiger partial charge in [-0.1, -0.05) is 6.92 Å². The van der Waals surface area contributed by atoms with Crippen molar-refractivity contribution in [3.05, 3.63) is 18.0 Å². The fraction of sp³-hybridized carbons (Fsp3) is 0.727. The molecule has 1 saturated heterocycles. The Morgan fingerprint density at radius 1 is 1.67 bits per heavy atom. The third-order valence-electron chi connectivity index (χ3n) is 2.66. The average Bonchev–Trinajstić information content (AvgIpc) is 2.85. The van der Waals surface area contributed by atoms with Gasteiger partial charge in [-0.2, -0.15) is 16.9 Å². The van der Waals surface area contributed by atoms with Gasteiger partial charge >= 0.3 is 0 Å². The van der Waals surface area contributed by atoms with E-state index in [1.165, 1.54) is 23.5 Å². The van der Waals surface area contributed by atoms with Gasteiger partial charge in [-0.3, -0.25) is 4.68 Å². The van der Waals surface area contributed by atoms with Crippen molar-refractivity contribution in [2.75, 3.05) is 11.5 Å². The predicted octanol–water partition coefficient (Wildman–Crippen LogP) is 1.89. The largest absolute Gasteiger partial charge is 0.309 e. The Hall–Kier alpha value is -0.480. The lowest BCUT2D eigenvalue weighted by Crippen LogP contribution is -2.27. The Kier molecular flexibility index (Phi) is 4.09. The van der Waals surface area contributed by atoms with E-state index < -0.39 is 0 Å². The summed E-state index contributed by atoms with van der Waals surface area (Å²) >= 11 is 2.05. The SMILES string of the molecule is CCCn1cc(CNC2CCSC2)cn1. The molecule has 1 aromatic heterocycles. The molecule has 0 spiro atoms. The van der Waals surface area contributed by atoms with Crippen molar-refractivity contribution in [3.8, 4) is 0 Å². The van der Waals surface area contributed by atoms with Gasteiger partial charge < -0.3 is 5.32 Å². The molecule has 0 bridgehead atoms. The topological polar surface area (TPSA) is 29.9 Å². The second-order valence-corrected chi connectivity index (χ2v) is 5.20. The first-order chi connectivity index (χ1) is 7.38. The van der Waals surface area contributed by atoms with Crippen LogP contribution in [-0.2, 0) is 13.1 Å². The molecule has 15 heavy (non-hydrogen) atoms. The van der Waals surface area contributed by atoms with Crippen molar-refractivity contribution in [2.45, 2.75) is 38.9 Å². The van der Waals surface area contributed by atoms with Gasteiger partial charge in [0, 0.05) is 36.6 Å². The number of nitrogens with zero attached hydrogens (tertiary/aromatic N) is 2. The van der Waals surface area contributed by atoms with E-state index >= 15 is 0 Å². The van der Waals surface area contributed by atoms with E-state index in [1.54, 1.807) is 0 Å². The predicted molar refractivity (Wildman–Crippen MR) is 65.1 cm³/mol. The normalized spacial score (nSPS) is 21.0. The molecular weight excluding hydrogens is 206 g/mol. The number of hydrogen-bond donors (Lipinski definition) is 1. The lowest BCUT2D eigenvalue weighted by atomic mass is 10.2. The molecule has 1 unspecified atom stereocenters. The number of nitrogens with one attached hydrogen (secondary N) is 1. The lowest BCUT2D eigenvalue weighted by molar-refractivity contribution is 0.556. The minimum Gasteiger partial charge on any atom is -0.309 e. The van der Waals surface area contributed by atoms with Crippen LogP contribution in [0, 0.1) is 0 Å². The summed E-state index contributed by atoms with van der Waals surface area (Å²) < 4.78 is 2.03. The van der Waals surface area contributed by atoms with Crippen LogP contribution in [0.15, 0.2) is 12.4 Å². The molecule has 2 rings (SSSR count). The van der Waals surface area contributed by atoms with Gasteiger partial charge in [-0.25, -0.2) is 0 Å². The van der Waals surface area contributed by atoms with Gasteiger partial charge in [0.05, 0.1) is 6.20 Å². The summed E-state index contributed by atoms with van der Waals surface area (Å²) in [5, 5.41) is 7.90. The van der Waals surface area contributed by atoms with Gasteiger partial charge in [-0.15, -0.1) is 0 Å². The number of thioether (sulfide) groups is 1. The van der Waals surface area contributed by atoms with Crippen LogP contribution < -0.4 is 5.32 Å². The van der Waals surface area contributed by atoms with E-state index in [4.69, 9.17) is 0 Å². The third kappa shape index (κ3) is 3.24. The summed E-state index contributed by atoms with van der Waals surface area (Å²) in [6, 6.07) is 0.713. The second kappa shape index (κ2) is 5.56. The first-order valence-corrected chi connectivity index (χ1v) is 6.86. The summed E-state index contributed by atoms with van der Waals surface area (Å²) in [5.74, 6) is 2.58. The third-order valence-corrected chi connectivity index (χ3v) is 3.83. The zero-order valence-electron chi connectivity index (χ0n) is 9.28. The lowest BCUT2D eigenvalue weighted by Gasteiger charge is -2.09. The fourth-order valence-corrected chi connectivity index (χ4v) is 2.99. The van der Waals surface area contributed by atoms with Crippen LogP contribution in [0.3, 0.4) is 0 Å². The molecule has 1 atom stereocenters. The van der Waals surface area contributed by atoms with Gasteiger partial charge in [0.1, 0.15) is 0 Å². The molecule has 1 fully saturated rings. The molecule has 3 nitrogen and oxygen atoms in total. The summed E-state index contributed by atoms with van der Waals surface area (Å²) in [5.41, 5.74) is 1.31. The van der Waals surface area contributed by atoms with Crippen LogP contribution in [0.25, 0.3) is 0 Å². The number of aryl methyl sites for hydroxylation is 1. The second-order valence-electron chi connectivity index (χ2n) is 4.05. The van der Waals surface area contributed by atoms with E-state index in [2.05, 4.69) is 23.5 Å². The van der Waals surface area contributed by atoms with E-state index in [0.717, 1.165) is 19.5 Å². The maximum atomic E-state index is 4.32. The maximum absolute atomic E-state index is 4.32. The summed E-state index contributed by atoms with van der Waals surface area (Å²) in [4.78, 5) is 0. The fourth-order valence-electron chi connectivity index (χ4n) is 1.81. The highest BCUT2D eigenvalue weighted by Crippen LogP contribution is 2.17. The van der Waals surface area contributed by atoms with E-state index in [1.807, 2.05) is 22.6 Å². The Morgan fingerprint density at radius 3 is 3.33 bits per heavy atom. The van der Waals surface area contributed by atoms with Crippen molar-refractivity contribution in [3.63, 3.8) is 0 Å². The molecule has 1 N–H and O–H groups in total. The average molecular weight is 225 g/mol. The van der Waals surface area contributed by atoms with Crippen LogP contribution in [0.1, 0.15) is 25.3 Å². The molecule has 0 saturated carbocycles. The zero-order chi connectivity index (χ0) is 10.5. The Bertz CT molecular complexity index is 292. The molecule has 0 aromatic carbocycles. The van der Waals surface area contributed by atoms with Crippen molar-refractivity contribution in [1.29, 1.82) is 0 Å². The molecule has 1 aromatic rings. The van der Waals surface area contributed by atoms with E-state index in [-0.39, 0.29) is 0 Å². The van der Waals surface area contributed by atoms with Crippen molar-refractivity contribution >= 4 is 11.8 Å². The smallest absolute Gasteiger partial charge is 0.0534 e. The van der Waals surface area contributed by atoms with Crippen LogP contribution in [0.5, 0.6) is 0 Å². The summed E-state index contributed by atoms with van der Waals surface area (Å²) in [6.07, 6.45) is 6.59. The molecule has 84 valence electrons. The number of aromatic nitrogens is 2. The van der Waals surface area contributed by atoms with E-state index in [9.17, 15) is 0 Å². The van der Waals surface area contributed by atoms with Gasteiger partial charge in [0.2, 0.25) is 0 Å². The van der Waals surface area contributed by atoms with Crippen molar-refractivity contribution < 1.29 is 0 Å². The standard InChI is InChI=1S/C11H19N3S/c1-2-4-14-8-10(7-13-14)6-12-11-3-5-15-9-11/h7-8,11-12H,2-6,9H2,1H3. The quantitative estimate of drug-likeness (QED) is 0.830. The molecule has 4 heteroatoms. The van der Waals surface area contributed by atoms with Gasteiger partial charge in [-0.05, 0) is 18.6 Å². The number of hydrogen-bond acceptors (Lipinski definition) is 3. The van der Waals surface area contributed by atoms with Crippen LogP contribution in [-0.4, -0.2) is 27.3 Å². The minimum absolute atomic E-state index is 0.713. The molecule has 2 heterocycles. The molecule has 1 aliphatic heterocycles. The number of rotatable bonds is 5. The monoisotopic (exact) mass is 225 g/mol. The Balaban J connectivity index is 1.77. The summed E-state index contributed by atoms with van der Waals surface area (Å²) in [6.45, 7) is 4.17. The van der Waals surface area contributed by atoms with Crippen LogP contribution in [0.2, 0.25) is 0 Å². The van der Waals surface area contributed by atoms with Gasteiger partial charge in [0.25, 0.3) is 0 Å². The highest BCUT2D eigenvalue weighted by molar-refractivity contribution is 7.99. The van der Waals surface area contributed by atoms with Crippen LogP contribution >= 0.6 is 11.8 Å². The van der Waals surface area contributed by atoms with Crippen LogP contribution in [0.4, 0.5) is 0 Å². The molecule has 0 amide bonds. The Labute approximate surface area is 95.6 Å². The molecule has 1 aliphatic rings. The van der Waals surface area contributed by atoms with Crippen molar-refractivity contribution in [2.24, 2.45) is 0 Å². The first-order valence-electron chi connectivity index (χ1n) is 5.71. The van der Waals surface area contributed by atoms with E-state index in [0.29, 0.717) is 6.04 Å². The molecule has 0 radical (unpaired) electrons. The zero-order valence-corrected chi connectivity index (χ0v) is 10.1. The summed E-state index contributed by atoms with van der Waals surface area (Å²) in [7, 11) is 0. The highest BCUT2D eigenvalue weighted by Gasteiger charge is 2.14. The molecule has 0 aliphatic carbocycles. The Morgan fingerprint density at radius 2 is 2.60 bits per heavy atom. The maximum Gasteiger partial charge on any atom is 0.0534 e. The minimum atomic E-state index is 0.713. The molecular formula is C11H19N3S.